The Labute approximate surface area is 86.1 Å². The fourth-order valence-electron chi connectivity index (χ4n) is 1.14. The van der Waals surface area contributed by atoms with E-state index in [4.69, 9.17) is 10.8 Å². The molecule has 0 bridgehead atoms. The standard InChI is InChI=1S/C9H9NO3S/c10-8(11)7(9(12)13)5-3-1-2-4-6(5)14/h1-4,7,14H,(H2,10,11)(H,12,13). The first-order valence-corrected chi connectivity index (χ1v) is 4.28. The Kier molecular flexibility index (Phi) is 3.14. The van der Waals surface area contributed by atoms with Gasteiger partial charge in [0.1, 0.15) is 0 Å². The Morgan fingerprint density at radius 1 is 1.36 bits per heavy atom. The van der Waals surface area contributed by atoms with Gasteiger partial charge in [0.15, 0.2) is 5.92 Å². The molecule has 0 saturated heterocycles. The molecule has 1 atom stereocenters. The summed E-state index contributed by atoms with van der Waals surface area (Å²) >= 11 is 4.06. The van der Waals surface area contributed by atoms with E-state index in [2.05, 4.69) is 12.6 Å². The maximum Gasteiger partial charge on any atom is 0.320 e. The van der Waals surface area contributed by atoms with Crippen LogP contribution in [0.4, 0.5) is 0 Å². The van der Waals surface area contributed by atoms with Crippen LogP contribution >= 0.6 is 12.6 Å². The van der Waals surface area contributed by atoms with Crippen LogP contribution in [-0.2, 0) is 9.59 Å². The number of amides is 1. The number of primary amides is 1. The van der Waals surface area contributed by atoms with Crippen LogP contribution < -0.4 is 5.73 Å². The predicted molar refractivity (Wildman–Crippen MR) is 53.3 cm³/mol. The van der Waals surface area contributed by atoms with Crippen molar-refractivity contribution in [1.82, 2.24) is 0 Å². The molecule has 0 heterocycles. The number of nitrogens with two attached hydrogens (primary N) is 1. The average Bonchev–Trinajstić information content (AvgIpc) is 2.07. The zero-order chi connectivity index (χ0) is 10.7. The fourth-order valence-corrected chi connectivity index (χ4v) is 1.43. The van der Waals surface area contributed by atoms with Crippen LogP contribution in [0.1, 0.15) is 11.5 Å². The quantitative estimate of drug-likeness (QED) is 0.506. The first-order chi connectivity index (χ1) is 6.54. The molecular formula is C9H9NO3S. The summed E-state index contributed by atoms with van der Waals surface area (Å²) in [6.07, 6.45) is 0. The molecule has 0 radical (unpaired) electrons. The van der Waals surface area contributed by atoms with Gasteiger partial charge in [0.2, 0.25) is 5.91 Å². The molecule has 14 heavy (non-hydrogen) atoms. The third kappa shape index (κ3) is 2.05. The second kappa shape index (κ2) is 4.15. The third-order valence-electron chi connectivity index (χ3n) is 1.78. The molecule has 4 nitrogen and oxygen atoms in total. The van der Waals surface area contributed by atoms with Crippen LogP contribution in [0.5, 0.6) is 0 Å². The molecule has 0 aliphatic rings. The summed E-state index contributed by atoms with van der Waals surface area (Å²) in [6.45, 7) is 0. The van der Waals surface area contributed by atoms with E-state index >= 15 is 0 Å². The Morgan fingerprint density at radius 3 is 2.36 bits per heavy atom. The first-order valence-electron chi connectivity index (χ1n) is 3.84. The van der Waals surface area contributed by atoms with Gasteiger partial charge in [-0.1, -0.05) is 18.2 Å². The molecule has 1 aromatic rings. The largest absolute Gasteiger partial charge is 0.480 e. The highest BCUT2D eigenvalue weighted by Gasteiger charge is 2.27. The SMILES string of the molecule is NC(=O)C(C(=O)O)c1ccccc1S. The second-order valence-electron chi connectivity index (χ2n) is 2.73. The molecule has 0 fully saturated rings. The minimum Gasteiger partial charge on any atom is -0.480 e. The number of hydrogen-bond donors (Lipinski definition) is 3. The number of carbonyl (C=O) groups is 2. The molecule has 1 rings (SSSR count). The molecule has 0 spiro atoms. The number of carboxylic acids is 1. The predicted octanol–water partition coefficient (Wildman–Crippen LogP) is 0.629. The zero-order valence-corrected chi connectivity index (χ0v) is 8.07. The molecule has 0 aromatic heterocycles. The van der Waals surface area contributed by atoms with E-state index in [1.165, 1.54) is 6.07 Å². The van der Waals surface area contributed by atoms with Crippen LogP contribution in [0.15, 0.2) is 29.2 Å². The highest BCUT2D eigenvalue weighted by atomic mass is 32.1. The Morgan fingerprint density at radius 2 is 1.93 bits per heavy atom. The number of carbonyl (C=O) groups excluding carboxylic acids is 1. The van der Waals surface area contributed by atoms with Crippen molar-refractivity contribution in [2.24, 2.45) is 5.73 Å². The lowest BCUT2D eigenvalue weighted by Crippen LogP contribution is -2.28. The van der Waals surface area contributed by atoms with Crippen LogP contribution in [0.3, 0.4) is 0 Å². The number of benzene rings is 1. The van der Waals surface area contributed by atoms with Crippen molar-refractivity contribution in [1.29, 1.82) is 0 Å². The van der Waals surface area contributed by atoms with Crippen molar-refractivity contribution < 1.29 is 14.7 Å². The maximum absolute atomic E-state index is 10.9. The van der Waals surface area contributed by atoms with Gasteiger partial charge in [0, 0.05) is 4.90 Å². The Bertz CT molecular complexity index is 364. The van der Waals surface area contributed by atoms with Crippen molar-refractivity contribution in [3.63, 3.8) is 0 Å². The summed E-state index contributed by atoms with van der Waals surface area (Å²) in [5.74, 6) is -3.48. The number of aliphatic carboxylic acids is 1. The van der Waals surface area contributed by atoms with Crippen LogP contribution in [0.25, 0.3) is 0 Å². The van der Waals surface area contributed by atoms with Gasteiger partial charge in [-0.3, -0.25) is 9.59 Å². The highest BCUT2D eigenvalue weighted by Crippen LogP contribution is 2.22. The molecule has 1 unspecified atom stereocenters. The van der Waals surface area contributed by atoms with E-state index in [1.807, 2.05) is 0 Å². The van der Waals surface area contributed by atoms with E-state index in [-0.39, 0.29) is 0 Å². The lowest BCUT2D eigenvalue weighted by atomic mass is 9.99. The van der Waals surface area contributed by atoms with E-state index in [0.29, 0.717) is 10.5 Å². The molecule has 3 N–H and O–H groups in total. The molecule has 1 amide bonds. The molecule has 0 aliphatic carbocycles. The summed E-state index contributed by atoms with van der Waals surface area (Å²) in [5, 5.41) is 8.79. The van der Waals surface area contributed by atoms with Crippen molar-refractivity contribution in [3.05, 3.63) is 29.8 Å². The van der Waals surface area contributed by atoms with Gasteiger partial charge in [-0.2, -0.15) is 0 Å². The summed E-state index contributed by atoms with van der Waals surface area (Å²) < 4.78 is 0. The number of thiol groups is 1. The number of rotatable bonds is 3. The van der Waals surface area contributed by atoms with Gasteiger partial charge < -0.3 is 10.8 Å². The van der Waals surface area contributed by atoms with Gasteiger partial charge in [0.05, 0.1) is 0 Å². The average molecular weight is 211 g/mol. The lowest BCUT2D eigenvalue weighted by molar-refractivity contribution is -0.142. The number of hydrogen-bond acceptors (Lipinski definition) is 3. The van der Waals surface area contributed by atoms with Crippen molar-refractivity contribution in [2.45, 2.75) is 10.8 Å². The molecule has 5 heteroatoms. The summed E-state index contributed by atoms with van der Waals surface area (Å²) in [5.41, 5.74) is 5.30. The monoisotopic (exact) mass is 211 g/mol. The van der Waals surface area contributed by atoms with E-state index in [0.717, 1.165) is 0 Å². The maximum atomic E-state index is 10.9. The highest BCUT2D eigenvalue weighted by molar-refractivity contribution is 7.80. The smallest absolute Gasteiger partial charge is 0.320 e. The van der Waals surface area contributed by atoms with Crippen LogP contribution in [0, 0.1) is 0 Å². The van der Waals surface area contributed by atoms with Gasteiger partial charge in [0.25, 0.3) is 0 Å². The van der Waals surface area contributed by atoms with E-state index in [9.17, 15) is 9.59 Å². The Balaban J connectivity index is 3.18. The topological polar surface area (TPSA) is 80.4 Å². The molecule has 74 valence electrons. The molecule has 0 aliphatic heterocycles. The van der Waals surface area contributed by atoms with Gasteiger partial charge in [-0.05, 0) is 11.6 Å². The van der Waals surface area contributed by atoms with Crippen LogP contribution in [-0.4, -0.2) is 17.0 Å². The van der Waals surface area contributed by atoms with E-state index < -0.39 is 17.8 Å². The zero-order valence-electron chi connectivity index (χ0n) is 7.18. The number of carboxylic acid groups (broad SMARTS) is 1. The summed E-state index contributed by atoms with van der Waals surface area (Å²) in [6, 6.07) is 6.46. The fraction of sp³-hybridized carbons (Fsp3) is 0.111. The summed E-state index contributed by atoms with van der Waals surface area (Å²) in [7, 11) is 0. The Hall–Kier alpha value is -1.49. The van der Waals surface area contributed by atoms with Gasteiger partial charge in [-0.25, -0.2) is 0 Å². The minimum atomic E-state index is -1.33. The lowest BCUT2D eigenvalue weighted by Gasteiger charge is -2.10. The van der Waals surface area contributed by atoms with Crippen molar-refractivity contribution in [2.75, 3.05) is 0 Å². The normalized spacial score (nSPS) is 12.1. The molecular weight excluding hydrogens is 202 g/mol. The van der Waals surface area contributed by atoms with Gasteiger partial charge >= 0.3 is 5.97 Å². The van der Waals surface area contributed by atoms with Gasteiger partial charge in [-0.15, -0.1) is 12.6 Å². The molecule has 1 aromatic carbocycles. The first kappa shape index (κ1) is 10.6. The second-order valence-corrected chi connectivity index (χ2v) is 3.21. The van der Waals surface area contributed by atoms with Crippen molar-refractivity contribution in [3.8, 4) is 0 Å². The van der Waals surface area contributed by atoms with Crippen LogP contribution in [0.2, 0.25) is 0 Å². The summed E-state index contributed by atoms with van der Waals surface area (Å²) in [4.78, 5) is 22.1. The van der Waals surface area contributed by atoms with E-state index in [1.54, 1.807) is 18.2 Å². The molecule has 0 saturated carbocycles. The minimum absolute atomic E-state index is 0.316. The third-order valence-corrected chi connectivity index (χ3v) is 2.19. The van der Waals surface area contributed by atoms with Crippen molar-refractivity contribution >= 4 is 24.5 Å².